The van der Waals surface area contributed by atoms with Gasteiger partial charge in [0.2, 0.25) is 0 Å². The maximum atomic E-state index is 5.64. The largest absolute Gasteiger partial charge is 0.496 e. The highest BCUT2D eigenvalue weighted by Crippen LogP contribution is 2.28. The van der Waals surface area contributed by atoms with Crippen molar-refractivity contribution in [3.63, 3.8) is 0 Å². The number of hydrogen-bond acceptors (Lipinski definition) is 4. The van der Waals surface area contributed by atoms with E-state index in [0.717, 1.165) is 40.9 Å². The zero-order valence-electron chi connectivity index (χ0n) is 16.5. The summed E-state index contributed by atoms with van der Waals surface area (Å²) >= 11 is 0. The van der Waals surface area contributed by atoms with Gasteiger partial charge in [0.05, 0.1) is 27.4 Å². The van der Waals surface area contributed by atoms with Crippen molar-refractivity contribution in [2.45, 2.75) is 26.9 Å². The molecule has 2 rings (SSSR count). The zero-order valence-corrected chi connectivity index (χ0v) is 16.5. The lowest BCUT2D eigenvalue weighted by atomic mass is 10.2. The zero-order chi connectivity index (χ0) is 19.5. The lowest BCUT2D eigenvalue weighted by Gasteiger charge is -2.14. The van der Waals surface area contributed by atoms with E-state index in [0.29, 0.717) is 19.7 Å². The summed E-state index contributed by atoms with van der Waals surface area (Å²) in [4.78, 5) is 4.67. The topological polar surface area (TPSA) is 64.1 Å². The van der Waals surface area contributed by atoms with Gasteiger partial charge in [-0.25, -0.2) is 4.99 Å². The number of nitrogens with zero attached hydrogens (tertiary/aromatic N) is 1. The summed E-state index contributed by atoms with van der Waals surface area (Å²) in [5, 5.41) is 6.61. The molecule has 0 aliphatic rings. The van der Waals surface area contributed by atoms with E-state index in [2.05, 4.69) is 15.6 Å². The van der Waals surface area contributed by atoms with E-state index in [1.54, 1.807) is 14.2 Å². The number of aliphatic imine (C=N–C) groups is 1. The van der Waals surface area contributed by atoms with E-state index in [1.807, 2.05) is 56.3 Å². The molecule has 0 fully saturated rings. The molecule has 0 amide bonds. The fourth-order valence-corrected chi connectivity index (χ4v) is 2.63. The first-order valence-corrected chi connectivity index (χ1v) is 9.15. The van der Waals surface area contributed by atoms with Crippen LogP contribution in [0.15, 0.2) is 47.5 Å². The smallest absolute Gasteiger partial charge is 0.191 e. The Morgan fingerprint density at radius 1 is 0.926 bits per heavy atom. The minimum Gasteiger partial charge on any atom is -0.496 e. The number of ether oxygens (including phenoxy) is 3. The Balaban J connectivity index is 2.07. The quantitative estimate of drug-likeness (QED) is 0.523. The van der Waals surface area contributed by atoms with Gasteiger partial charge in [0.25, 0.3) is 0 Å². The molecular formula is C21H29N3O3. The highest BCUT2D eigenvalue weighted by Gasteiger charge is 2.06. The predicted octanol–water partition coefficient (Wildman–Crippen LogP) is 3.36. The Kier molecular flexibility index (Phi) is 8.29. The first-order chi connectivity index (χ1) is 13.2. The van der Waals surface area contributed by atoms with E-state index in [4.69, 9.17) is 14.2 Å². The van der Waals surface area contributed by atoms with Crippen LogP contribution >= 0.6 is 0 Å². The molecule has 2 aromatic carbocycles. The summed E-state index contributed by atoms with van der Waals surface area (Å²) in [6.07, 6.45) is 0. The second kappa shape index (κ2) is 11.0. The number of hydrogen-bond donors (Lipinski definition) is 2. The van der Waals surface area contributed by atoms with Gasteiger partial charge in [0, 0.05) is 18.7 Å². The summed E-state index contributed by atoms with van der Waals surface area (Å²) in [5.74, 6) is 3.07. The fourth-order valence-electron chi connectivity index (χ4n) is 2.63. The highest BCUT2D eigenvalue weighted by atomic mass is 16.5. The van der Waals surface area contributed by atoms with Crippen LogP contribution in [0.25, 0.3) is 0 Å². The van der Waals surface area contributed by atoms with Crippen molar-refractivity contribution in [3.05, 3.63) is 53.6 Å². The van der Waals surface area contributed by atoms with Crippen LogP contribution < -0.4 is 24.8 Å². The summed E-state index contributed by atoms with van der Waals surface area (Å²) in [6.45, 7) is 6.53. The van der Waals surface area contributed by atoms with Crippen LogP contribution in [0.4, 0.5) is 0 Å². The Labute approximate surface area is 161 Å². The molecule has 146 valence electrons. The molecule has 0 bridgehead atoms. The molecule has 0 saturated carbocycles. The molecule has 6 nitrogen and oxygen atoms in total. The van der Waals surface area contributed by atoms with E-state index in [9.17, 15) is 0 Å². The molecule has 0 spiro atoms. The minimum atomic E-state index is 0.533. The molecule has 0 aromatic heterocycles. The molecule has 0 saturated heterocycles. The summed E-state index contributed by atoms with van der Waals surface area (Å²) < 4.78 is 16.4. The maximum absolute atomic E-state index is 5.64. The maximum Gasteiger partial charge on any atom is 0.191 e. The van der Waals surface area contributed by atoms with Crippen LogP contribution in [-0.2, 0) is 13.1 Å². The normalized spacial score (nSPS) is 11.0. The van der Waals surface area contributed by atoms with Crippen molar-refractivity contribution in [1.29, 1.82) is 0 Å². The van der Waals surface area contributed by atoms with Crippen molar-refractivity contribution in [1.82, 2.24) is 10.6 Å². The van der Waals surface area contributed by atoms with E-state index in [-0.39, 0.29) is 0 Å². The molecule has 6 heteroatoms. The van der Waals surface area contributed by atoms with Gasteiger partial charge in [-0.2, -0.15) is 0 Å². The first-order valence-electron chi connectivity index (χ1n) is 9.15. The van der Waals surface area contributed by atoms with Gasteiger partial charge >= 0.3 is 0 Å². The average Bonchev–Trinajstić information content (AvgIpc) is 2.70. The Bertz CT molecular complexity index is 747. The Morgan fingerprint density at radius 3 is 2.41 bits per heavy atom. The van der Waals surface area contributed by atoms with Gasteiger partial charge in [-0.1, -0.05) is 24.3 Å². The number of guanidine groups is 1. The molecule has 0 radical (unpaired) electrons. The number of benzene rings is 2. The van der Waals surface area contributed by atoms with Crippen LogP contribution in [0, 0.1) is 0 Å². The third-order valence-corrected chi connectivity index (χ3v) is 3.93. The number of methoxy groups -OCH3 is 2. The van der Waals surface area contributed by atoms with Crippen LogP contribution in [0.2, 0.25) is 0 Å². The van der Waals surface area contributed by atoms with Gasteiger partial charge in [-0.15, -0.1) is 0 Å². The molecule has 0 aliphatic heterocycles. The van der Waals surface area contributed by atoms with Gasteiger partial charge in [0.1, 0.15) is 5.75 Å². The molecule has 27 heavy (non-hydrogen) atoms. The molecular weight excluding hydrogens is 342 g/mol. The minimum absolute atomic E-state index is 0.533. The van der Waals surface area contributed by atoms with Crippen molar-refractivity contribution >= 4 is 5.96 Å². The fraction of sp³-hybridized carbons (Fsp3) is 0.381. The molecule has 0 aliphatic carbocycles. The number of para-hydroxylation sites is 1. The lowest BCUT2D eigenvalue weighted by molar-refractivity contribution is 0.310. The highest BCUT2D eigenvalue weighted by molar-refractivity contribution is 5.79. The number of nitrogens with one attached hydrogen (secondary N) is 2. The first kappa shape index (κ1) is 20.4. The lowest BCUT2D eigenvalue weighted by Crippen LogP contribution is -2.36. The number of rotatable bonds is 9. The monoisotopic (exact) mass is 371 g/mol. The van der Waals surface area contributed by atoms with Crippen molar-refractivity contribution in [2.75, 3.05) is 27.4 Å². The SMILES string of the molecule is CCNC(=NCc1ccc(OC)c(OCC)c1)NCc1ccccc1OC. The third-order valence-electron chi connectivity index (χ3n) is 3.93. The average molecular weight is 371 g/mol. The second-order valence-electron chi connectivity index (χ2n) is 5.78. The van der Waals surface area contributed by atoms with E-state index < -0.39 is 0 Å². The molecule has 0 unspecified atom stereocenters. The van der Waals surface area contributed by atoms with Gasteiger partial charge < -0.3 is 24.8 Å². The summed E-state index contributed by atoms with van der Waals surface area (Å²) in [6, 6.07) is 13.8. The van der Waals surface area contributed by atoms with Gasteiger partial charge in [-0.05, 0) is 37.6 Å². The van der Waals surface area contributed by atoms with Crippen molar-refractivity contribution in [3.8, 4) is 17.2 Å². The predicted molar refractivity (Wildman–Crippen MR) is 109 cm³/mol. The second-order valence-corrected chi connectivity index (χ2v) is 5.78. The molecule has 2 N–H and O–H groups in total. The van der Waals surface area contributed by atoms with Crippen molar-refractivity contribution in [2.24, 2.45) is 4.99 Å². The Morgan fingerprint density at radius 2 is 1.70 bits per heavy atom. The van der Waals surface area contributed by atoms with Crippen LogP contribution in [-0.4, -0.2) is 33.3 Å². The standard InChI is InChI=1S/C21H29N3O3/c1-5-22-21(24-15-17-9-7-8-10-18(17)25-3)23-14-16-11-12-19(26-4)20(13-16)27-6-2/h7-13H,5-6,14-15H2,1-4H3,(H2,22,23,24). The van der Waals surface area contributed by atoms with Gasteiger partial charge in [0.15, 0.2) is 17.5 Å². The van der Waals surface area contributed by atoms with E-state index >= 15 is 0 Å². The molecule has 0 heterocycles. The van der Waals surface area contributed by atoms with Gasteiger partial charge in [-0.3, -0.25) is 0 Å². The van der Waals surface area contributed by atoms with Crippen LogP contribution in [0.5, 0.6) is 17.2 Å². The summed E-state index contributed by atoms with van der Waals surface area (Å²) in [7, 11) is 3.32. The Hall–Kier alpha value is -2.89. The third kappa shape index (κ3) is 6.09. The van der Waals surface area contributed by atoms with Crippen LogP contribution in [0.1, 0.15) is 25.0 Å². The van der Waals surface area contributed by atoms with Crippen molar-refractivity contribution < 1.29 is 14.2 Å². The summed E-state index contributed by atoms with van der Waals surface area (Å²) in [5.41, 5.74) is 2.13. The van der Waals surface area contributed by atoms with E-state index in [1.165, 1.54) is 0 Å². The molecule has 0 atom stereocenters. The van der Waals surface area contributed by atoms with Crippen LogP contribution in [0.3, 0.4) is 0 Å². The molecule has 2 aromatic rings.